The number of Topliss-reactive ketones (excluding diaryl/α,β-unsaturated/α-hetero) is 1. The molecule has 1 aromatic carbocycles. The minimum atomic E-state index is -0.946. The van der Waals surface area contributed by atoms with Crippen molar-refractivity contribution in [3.8, 4) is 5.75 Å². The molecule has 0 unspecified atom stereocenters. The highest BCUT2D eigenvalue weighted by Crippen LogP contribution is 2.24. The molecular weight excluding hydrogens is 386 g/mol. The molecule has 11 heteroatoms. The number of fused-ring (bicyclic) bond motifs is 1. The standard InChI is InChI=1S/C18H15N3O8/c1-26-12-6-4-5-9-7-10(16(23)29-15(9)12)11(22)8-21-14(18(25)28-3)13(19-20-21)17(24)27-2/h4-7H,8H2,1-3H3. The zero-order valence-electron chi connectivity index (χ0n) is 15.6. The molecule has 0 radical (unpaired) electrons. The second-order valence-electron chi connectivity index (χ2n) is 5.68. The molecular formula is C18H15N3O8. The van der Waals surface area contributed by atoms with E-state index in [1.165, 1.54) is 13.2 Å². The van der Waals surface area contributed by atoms with Crippen LogP contribution in [-0.4, -0.2) is 54.0 Å². The zero-order chi connectivity index (χ0) is 21.1. The van der Waals surface area contributed by atoms with Crippen LogP contribution in [-0.2, 0) is 16.0 Å². The average molecular weight is 401 g/mol. The molecule has 0 aliphatic carbocycles. The fourth-order valence-electron chi connectivity index (χ4n) is 2.65. The van der Waals surface area contributed by atoms with Crippen LogP contribution in [0, 0.1) is 0 Å². The van der Waals surface area contributed by atoms with E-state index in [0.717, 1.165) is 18.9 Å². The molecule has 0 amide bonds. The number of hydrogen-bond acceptors (Lipinski definition) is 10. The Morgan fingerprint density at radius 2 is 1.83 bits per heavy atom. The van der Waals surface area contributed by atoms with E-state index in [0.29, 0.717) is 11.1 Å². The summed E-state index contributed by atoms with van der Waals surface area (Å²) in [5, 5.41) is 7.66. The molecule has 3 rings (SSSR count). The summed E-state index contributed by atoms with van der Waals surface area (Å²) in [6.45, 7) is -0.561. The predicted octanol–water partition coefficient (Wildman–Crippen LogP) is 0.849. The summed E-state index contributed by atoms with van der Waals surface area (Å²) in [7, 11) is 3.61. The lowest BCUT2D eigenvalue weighted by molar-refractivity contribution is 0.0543. The number of methoxy groups -OCH3 is 3. The van der Waals surface area contributed by atoms with Crippen molar-refractivity contribution in [3.63, 3.8) is 0 Å². The Labute approximate surface area is 162 Å². The summed E-state index contributed by atoms with van der Waals surface area (Å²) in [5.41, 5.74) is -1.75. The SMILES string of the molecule is COC(=O)c1nnn(CC(=O)c2cc3cccc(OC)c3oc2=O)c1C(=O)OC. The van der Waals surface area contributed by atoms with Gasteiger partial charge in [-0.05, 0) is 12.1 Å². The number of rotatable bonds is 6. The summed E-state index contributed by atoms with van der Waals surface area (Å²) < 4.78 is 20.4. The van der Waals surface area contributed by atoms with Gasteiger partial charge in [0.15, 0.2) is 22.8 Å². The van der Waals surface area contributed by atoms with E-state index < -0.39 is 35.6 Å². The topological polar surface area (TPSA) is 140 Å². The number of aromatic nitrogens is 3. The van der Waals surface area contributed by atoms with Crippen molar-refractivity contribution in [1.29, 1.82) is 0 Å². The molecule has 0 saturated carbocycles. The van der Waals surface area contributed by atoms with Gasteiger partial charge in [0, 0.05) is 5.39 Å². The number of carbonyl (C=O) groups is 3. The molecule has 3 aromatic rings. The summed E-state index contributed by atoms with van der Waals surface area (Å²) >= 11 is 0. The third kappa shape index (κ3) is 3.57. The molecule has 0 spiro atoms. The largest absolute Gasteiger partial charge is 0.493 e. The molecule has 29 heavy (non-hydrogen) atoms. The maximum absolute atomic E-state index is 12.7. The Kier molecular flexibility index (Phi) is 5.39. The van der Waals surface area contributed by atoms with E-state index in [1.54, 1.807) is 18.2 Å². The molecule has 2 heterocycles. The molecule has 2 aromatic heterocycles. The fraction of sp³-hybridized carbons (Fsp3) is 0.222. The number of benzene rings is 1. The summed E-state index contributed by atoms with van der Waals surface area (Å²) in [6.07, 6.45) is 0. The lowest BCUT2D eigenvalue weighted by Gasteiger charge is -2.07. The average Bonchev–Trinajstić information content (AvgIpc) is 3.14. The second-order valence-corrected chi connectivity index (χ2v) is 5.68. The highest BCUT2D eigenvalue weighted by Gasteiger charge is 2.28. The molecule has 0 atom stereocenters. The fourth-order valence-corrected chi connectivity index (χ4v) is 2.65. The van der Waals surface area contributed by atoms with Gasteiger partial charge in [-0.15, -0.1) is 5.10 Å². The first kappa shape index (κ1) is 19.7. The lowest BCUT2D eigenvalue weighted by atomic mass is 10.1. The van der Waals surface area contributed by atoms with E-state index in [4.69, 9.17) is 9.15 Å². The van der Waals surface area contributed by atoms with Gasteiger partial charge >= 0.3 is 17.6 Å². The molecule has 0 aliphatic heterocycles. The smallest absolute Gasteiger partial charge is 0.361 e. The Bertz CT molecular complexity index is 1180. The quantitative estimate of drug-likeness (QED) is 0.332. The Morgan fingerprint density at radius 1 is 1.10 bits per heavy atom. The summed E-state index contributed by atoms with van der Waals surface area (Å²) in [6, 6.07) is 6.27. The maximum Gasteiger partial charge on any atom is 0.361 e. The molecule has 0 saturated heterocycles. The third-order valence-corrected chi connectivity index (χ3v) is 4.03. The van der Waals surface area contributed by atoms with E-state index in [1.807, 2.05) is 0 Å². The van der Waals surface area contributed by atoms with Crippen LogP contribution in [0.2, 0.25) is 0 Å². The molecule has 150 valence electrons. The number of ketones is 1. The maximum atomic E-state index is 12.7. The van der Waals surface area contributed by atoms with Gasteiger partial charge in [0.25, 0.3) is 0 Å². The van der Waals surface area contributed by atoms with Crippen molar-refractivity contribution in [2.24, 2.45) is 0 Å². The van der Waals surface area contributed by atoms with Crippen LogP contribution in [0.3, 0.4) is 0 Å². The van der Waals surface area contributed by atoms with Crippen molar-refractivity contribution < 1.29 is 33.0 Å². The summed E-state index contributed by atoms with van der Waals surface area (Å²) in [4.78, 5) is 48.8. The van der Waals surface area contributed by atoms with Crippen molar-refractivity contribution in [1.82, 2.24) is 15.0 Å². The molecule has 0 aliphatic rings. The molecule has 0 bridgehead atoms. The minimum absolute atomic E-state index is 0.195. The Morgan fingerprint density at radius 3 is 2.48 bits per heavy atom. The van der Waals surface area contributed by atoms with Crippen LogP contribution in [0.4, 0.5) is 0 Å². The van der Waals surface area contributed by atoms with E-state index in [-0.39, 0.29) is 16.8 Å². The number of hydrogen-bond donors (Lipinski definition) is 0. The van der Waals surface area contributed by atoms with E-state index in [2.05, 4.69) is 19.8 Å². The second kappa shape index (κ2) is 7.92. The third-order valence-electron chi connectivity index (χ3n) is 4.03. The van der Waals surface area contributed by atoms with Gasteiger partial charge in [-0.1, -0.05) is 17.3 Å². The van der Waals surface area contributed by atoms with E-state index >= 15 is 0 Å². The Balaban J connectivity index is 2.02. The first-order valence-corrected chi connectivity index (χ1v) is 8.15. The van der Waals surface area contributed by atoms with Crippen LogP contribution >= 0.6 is 0 Å². The van der Waals surface area contributed by atoms with Gasteiger partial charge in [0.1, 0.15) is 12.1 Å². The number of esters is 2. The van der Waals surface area contributed by atoms with Gasteiger partial charge in [-0.3, -0.25) is 4.79 Å². The number of ether oxygens (including phenoxy) is 3. The van der Waals surface area contributed by atoms with Crippen molar-refractivity contribution in [2.75, 3.05) is 21.3 Å². The van der Waals surface area contributed by atoms with Crippen molar-refractivity contribution in [3.05, 3.63) is 51.6 Å². The monoisotopic (exact) mass is 401 g/mol. The molecule has 0 N–H and O–H groups in total. The van der Waals surface area contributed by atoms with Crippen LogP contribution < -0.4 is 10.4 Å². The van der Waals surface area contributed by atoms with Crippen LogP contribution in [0.25, 0.3) is 11.0 Å². The van der Waals surface area contributed by atoms with Crippen LogP contribution in [0.5, 0.6) is 5.75 Å². The van der Waals surface area contributed by atoms with Gasteiger partial charge in [0.2, 0.25) is 5.69 Å². The van der Waals surface area contributed by atoms with Gasteiger partial charge < -0.3 is 18.6 Å². The highest BCUT2D eigenvalue weighted by atomic mass is 16.5. The predicted molar refractivity (Wildman–Crippen MR) is 96.1 cm³/mol. The minimum Gasteiger partial charge on any atom is -0.493 e. The summed E-state index contributed by atoms with van der Waals surface area (Å²) in [5.74, 6) is -2.25. The highest BCUT2D eigenvalue weighted by molar-refractivity contribution is 6.02. The van der Waals surface area contributed by atoms with Gasteiger partial charge in [-0.2, -0.15) is 0 Å². The van der Waals surface area contributed by atoms with Crippen molar-refractivity contribution >= 4 is 28.7 Å². The molecule has 0 fully saturated rings. The van der Waals surface area contributed by atoms with E-state index in [9.17, 15) is 19.2 Å². The van der Waals surface area contributed by atoms with Gasteiger partial charge in [0.05, 0.1) is 21.3 Å². The van der Waals surface area contributed by atoms with Crippen molar-refractivity contribution in [2.45, 2.75) is 6.54 Å². The van der Waals surface area contributed by atoms with Gasteiger partial charge in [-0.25, -0.2) is 19.1 Å². The molecule has 11 nitrogen and oxygen atoms in total. The van der Waals surface area contributed by atoms with Crippen LogP contribution in [0.1, 0.15) is 31.3 Å². The normalized spacial score (nSPS) is 10.6. The van der Waals surface area contributed by atoms with Crippen LogP contribution in [0.15, 0.2) is 33.5 Å². The number of para-hydroxylation sites is 1. The first-order chi connectivity index (χ1) is 13.9. The first-order valence-electron chi connectivity index (χ1n) is 8.15. The number of nitrogens with zero attached hydrogens (tertiary/aromatic N) is 3. The zero-order valence-corrected chi connectivity index (χ0v) is 15.6. The lowest BCUT2D eigenvalue weighted by Crippen LogP contribution is -2.23. The number of carbonyl (C=O) groups excluding carboxylic acids is 3. The Hall–Kier alpha value is -4.02.